The molecule has 0 aliphatic heterocycles. The topological polar surface area (TPSA) is 88.1 Å². The number of hydrogen-bond acceptors (Lipinski definition) is 5. The monoisotopic (exact) mass is 493 g/mol. The number of hydrazone groups is 1. The second kappa shape index (κ2) is 11.8. The van der Waals surface area contributed by atoms with Crippen LogP contribution in [0, 0.1) is 6.92 Å². The van der Waals surface area contributed by atoms with Gasteiger partial charge in [0.25, 0.3) is 5.91 Å². The van der Waals surface area contributed by atoms with E-state index in [1.807, 2.05) is 54.6 Å². The molecule has 1 amide bonds. The van der Waals surface area contributed by atoms with Crippen molar-refractivity contribution in [1.82, 2.24) is 9.73 Å². The van der Waals surface area contributed by atoms with Crippen molar-refractivity contribution in [3.63, 3.8) is 0 Å². The van der Waals surface area contributed by atoms with E-state index in [2.05, 4.69) is 24.4 Å². The first kappa shape index (κ1) is 26.1. The Morgan fingerprint density at radius 1 is 1.06 bits per heavy atom. The Hall–Kier alpha value is -3.49. The number of rotatable bonds is 10. The van der Waals surface area contributed by atoms with Gasteiger partial charge in [0.15, 0.2) is 0 Å². The summed E-state index contributed by atoms with van der Waals surface area (Å²) in [5, 5.41) is 4.01. The third-order valence-corrected chi connectivity index (χ3v) is 7.28. The fourth-order valence-electron chi connectivity index (χ4n) is 3.48. The highest BCUT2D eigenvalue weighted by atomic mass is 32.2. The van der Waals surface area contributed by atoms with Gasteiger partial charge in [-0.2, -0.15) is 9.41 Å². The first-order chi connectivity index (χ1) is 16.7. The zero-order valence-electron chi connectivity index (χ0n) is 20.4. The van der Waals surface area contributed by atoms with Crippen LogP contribution in [0.25, 0.3) is 0 Å². The van der Waals surface area contributed by atoms with Gasteiger partial charge < -0.3 is 4.74 Å². The van der Waals surface area contributed by atoms with Crippen molar-refractivity contribution < 1.29 is 17.9 Å². The van der Waals surface area contributed by atoms with E-state index < -0.39 is 22.5 Å². The zero-order chi connectivity index (χ0) is 25.4. The Labute approximate surface area is 207 Å². The van der Waals surface area contributed by atoms with Gasteiger partial charge in [0.05, 0.1) is 19.9 Å². The molecule has 1 N–H and O–H groups in total. The lowest BCUT2D eigenvalue weighted by Gasteiger charge is -2.23. The average Bonchev–Trinajstić information content (AvgIpc) is 2.84. The number of methoxy groups -OCH3 is 1. The summed E-state index contributed by atoms with van der Waals surface area (Å²) >= 11 is 0. The number of carbonyl (C=O) groups excluding carboxylic acids is 1. The summed E-state index contributed by atoms with van der Waals surface area (Å²) in [6, 6.07) is 21.9. The lowest BCUT2D eigenvalue weighted by Crippen LogP contribution is -2.39. The molecular weight excluding hydrogens is 462 g/mol. The van der Waals surface area contributed by atoms with E-state index in [4.69, 9.17) is 4.74 Å². The maximum absolute atomic E-state index is 13.6. The van der Waals surface area contributed by atoms with E-state index >= 15 is 0 Å². The predicted molar refractivity (Wildman–Crippen MR) is 138 cm³/mol. The molecule has 0 aromatic heterocycles. The van der Waals surface area contributed by atoms with Gasteiger partial charge in [-0.3, -0.25) is 4.79 Å². The summed E-state index contributed by atoms with van der Waals surface area (Å²) in [7, 11) is -2.64. The fraction of sp³-hybridized carbons (Fsp3) is 0.259. The van der Waals surface area contributed by atoms with Gasteiger partial charge in [-0.05, 0) is 47.2 Å². The Bertz CT molecular complexity index is 1270. The van der Waals surface area contributed by atoms with Crippen molar-refractivity contribution in [2.45, 2.75) is 38.1 Å². The first-order valence-corrected chi connectivity index (χ1v) is 12.8. The molecule has 3 aromatic rings. The van der Waals surface area contributed by atoms with Crippen molar-refractivity contribution in [1.29, 1.82) is 0 Å². The summed E-state index contributed by atoms with van der Waals surface area (Å²) in [5.41, 5.74) is 6.00. The molecule has 0 aliphatic carbocycles. The molecule has 0 aliphatic rings. The third-order valence-electron chi connectivity index (χ3n) is 5.46. The molecule has 0 bridgehead atoms. The first-order valence-electron chi connectivity index (χ1n) is 11.3. The Morgan fingerprint density at radius 3 is 2.37 bits per heavy atom. The number of amides is 1. The van der Waals surface area contributed by atoms with Crippen LogP contribution in [0.3, 0.4) is 0 Å². The van der Waals surface area contributed by atoms with Crippen molar-refractivity contribution in [2.24, 2.45) is 5.10 Å². The molecule has 184 valence electrons. The number of sulfonamides is 1. The van der Waals surface area contributed by atoms with Crippen molar-refractivity contribution in [2.75, 3.05) is 13.7 Å². The molecular formula is C27H31N3O4S. The van der Waals surface area contributed by atoms with Crippen LogP contribution >= 0.6 is 0 Å². The number of benzene rings is 3. The molecule has 3 rings (SSSR count). The largest absolute Gasteiger partial charge is 0.495 e. The molecule has 0 unspecified atom stereocenters. The Balaban J connectivity index is 1.81. The van der Waals surface area contributed by atoms with E-state index in [-0.39, 0.29) is 17.2 Å². The van der Waals surface area contributed by atoms with Crippen LogP contribution in [0.5, 0.6) is 5.75 Å². The summed E-state index contributed by atoms with van der Waals surface area (Å²) in [6.45, 7) is 5.65. The number of nitrogens with one attached hydrogen (secondary N) is 1. The minimum Gasteiger partial charge on any atom is -0.495 e. The van der Waals surface area contributed by atoms with Crippen LogP contribution in [0.4, 0.5) is 0 Å². The molecule has 0 fully saturated rings. The van der Waals surface area contributed by atoms with Crippen LogP contribution in [0.15, 0.2) is 82.8 Å². The lowest BCUT2D eigenvalue weighted by atomic mass is 10.0. The molecule has 7 nitrogen and oxygen atoms in total. The Kier molecular flexibility index (Phi) is 8.78. The SMILES string of the molecule is COc1ccc(C)cc1S(=O)(=O)N(CC(=O)N/N=C/c1ccc(C(C)C)cc1)Cc1ccccc1. The van der Waals surface area contributed by atoms with Crippen LogP contribution < -0.4 is 10.2 Å². The highest BCUT2D eigenvalue weighted by Crippen LogP contribution is 2.28. The molecule has 0 atom stereocenters. The van der Waals surface area contributed by atoms with Gasteiger partial charge in [-0.1, -0.05) is 74.5 Å². The van der Waals surface area contributed by atoms with Gasteiger partial charge in [0.2, 0.25) is 10.0 Å². The lowest BCUT2D eigenvalue weighted by molar-refractivity contribution is -0.121. The number of hydrogen-bond donors (Lipinski definition) is 1. The minimum atomic E-state index is -4.05. The quantitative estimate of drug-likeness (QED) is 0.333. The highest BCUT2D eigenvalue weighted by Gasteiger charge is 2.30. The smallest absolute Gasteiger partial charge is 0.255 e. The van der Waals surface area contributed by atoms with Gasteiger partial charge in [0, 0.05) is 6.54 Å². The number of carbonyl (C=O) groups is 1. The highest BCUT2D eigenvalue weighted by molar-refractivity contribution is 7.89. The molecule has 0 saturated carbocycles. The predicted octanol–water partition coefficient (Wildman–Crippen LogP) is 4.47. The summed E-state index contributed by atoms with van der Waals surface area (Å²) in [6.07, 6.45) is 1.53. The molecule has 3 aromatic carbocycles. The van der Waals surface area contributed by atoms with Gasteiger partial charge in [0.1, 0.15) is 10.6 Å². The normalized spacial score (nSPS) is 11.8. The van der Waals surface area contributed by atoms with E-state index in [1.165, 1.54) is 18.9 Å². The van der Waals surface area contributed by atoms with E-state index in [0.717, 1.165) is 21.0 Å². The second-order valence-corrected chi connectivity index (χ2v) is 10.4. The van der Waals surface area contributed by atoms with Crippen LogP contribution in [-0.4, -0.2) is 38.5 Å². The van der Waals surface area contributed by atoms with E-state index in [0.29, 0.717) is 5.92 Å². The number of aryl methyl sites for hydroxylation is 1. The number of ether oxygens (including phenoxy) is 1. The van der Waals surface area contributed by atoms with Crippen LogP contribution in [0.2, 0.25) is 0 Å². The van der Waals surface area contributed by atoms with Crippen molar-refractivity contribution in [3.8, 4) is 5.75 Å². The fourth-order valence-corrected chi connectivity index (χ4v) is 5.10. The molecule has 8 heteroatoms. The van der Waals surface area contributed by atoms with Crippen LogP contribution in [0.1, 0.15) is 42.0 Å². The molecule has 0 heterocycles. The van der Waals surface area contributed by atoms with E-state index in [9.17, 15) is 13.2 Å². The van der Waals surface area contributed by atoms with Crippen LogP contribution in [-0.2, 0) is 21.4 Å². The zero-order valence-corrected chi connectivity index (χ0v) is 21.2. The second-order valence-electron chi connectivity index (χ2n) is 8.53. The maximum Gasteiger partial charge on any atom is 0.255 e. The van der Waals surface area contributed by atoms with Crippen molar-refractivity contribution >= 4 is 22.1 Å². The maximum atomic E-state index is 13.6. The molecule has 0 saturated heterocycles. The molecule has 35 heavy (non-hydrogen) atoms. The van der Waals surface area contributed by atoms with Gasteiger partial charge >= 0.3 is 0 Å². The standard InChI is InChI=1S/C27H31N3O4S/c1-20(2)24-13-11-22(12-14-24)17-28-29-27(31)19-30(18-23-8-6-5-7-9-23)35(32,33)26-16-21(3)10-15-25(26)34-4/h5-17,20H,18-19H2,1-4H3,(H,29,31)/b28-17+. The van der Waals surface area contributed by atoms with Gasteiger partial charge in [-0.25, -0.2) is 13.8 Å². The summed E-state index contributed by atoms with van der Waals surface area (Å²) < 4.78 is 33.7. The van der Waals surface area contributed by atoms with E-state index in [1.54, 1.807) is 25.1 Å². The van der Waals surface area contributed by atoms with Crippen molar-refractivity contribution in [3.05, 3.63) is 95.1 Å². The molecule has 0 spiro atoms. The minimum absolute atomic E-state index is 0.0116. The number of nitrogens with zero attached hydrogens (tertiary/aromatic N) is 2. The summed E-state index contributed by atoms with van der Waals surface area (Å²) in [4.78, 5) is 12.7. The van der Waals surface area contributed by atoms with Gasteiger partial charge in [-0.15, -0.1) is 0 Å². The summed E-state index contributed by atoms with van der Waals surface area (Å²) in [5.74, 6) is 0.0911. The average molecular weight is 494 g/mol. The third kappa shape index (κ3) is 7.00. The Morgan fingerprint density at radius 2 is 1.74 bits per heavy atom. The molecule has 0 radical (unpaired) electrons.